The summed E-state index contributed by atoms with van der Waals surface area (Å²) in [6.07, 6.45) is -3.45. The van der Waals surface area contributed by atoms with E-state index in [4.69, 9.17) is 18.9 Å². The van der Waals surface area contributed by atoms with Gasteiger partial charge in [-0.15, -0.1) is 0 Å². The van der Waals surface area contributed by atoms with Crippen LogP contribution in [0.4, 0.5) is 0 Å². The molecule has 8 nitrogen and oxygen atoms in total. The molecule has 3 aromatic carbocycles. The zero-order valence-electron chi connectivity index (χ0n) is 20.7. The van der Waals surface area contributed by atoms with Crippen molar-refractivity contribution in [2.45, 2.75) is 50.5 Å². The maximum Gasteiger partial charge on any atom is 0.208 e. The Hall–Kier alpha value is -2.63. The van der Waals surface area contributed by atoms with Crippen LogP contribution in [0.3, 0.4) is 0 Å². The summed E-state index contributed by atoms with van der Waals surface area (Å²) in [6, 6.07) is 28.9. The second-order valence-corrected chi connectivity index (χ2v) is 10.8. The molecule has 0 radical (unpaired) electrons. The Morgan fingerprint density at radius 2 is 1.11 bits per heavy atom. The fraction of sp³-hybridized carbons (Fsp3) is 0.357. The first-order valence-corrected chi connectivity index (χ1v) is 14.0. The van der Waals surface area contributed by atoms with E-state index < -0.39 is 40.7 Å². The Bertz CT molecular complexity index is 1180. The van der Waals surface area contributed by atoms with Gasteiger partial charge in [0, 0.05) is 6.54 Å². The third-order valence-corrected chi connectivity index (χ3v) is 6.70. The zero-order chi connectivity index (χ0) is 26.1. The molecular formula is C28H33NO7S. The summed E-state index contributed by atoms with van der Waals surface area (Å²) >= 11 is 0. The molecule has 37 heavy (non-hydrogen) atoms. The van der Waals surface area contributed by atoms with Crippen molar-refractivity contribution in [2.75, 3.05) is 12.8 Å². The van der Waals surface area contributed by atoms with Crippen LogP contribution in [-0.4, -0.2) is 57.0 Å². The lowest BCUT2D eigenvalue weighted by atomic mass is 9.97. The Kier molecular flexibility index (Phi) is 9.81. The van der Waals surface area contributed by atoms with Crippen LogP contribution in [0.2, 0.25) is 0 Å². The summed E-state index contributed by atoms with van der Waals surface area (Å²) in [6.45, 7) is 0.637. The third kappa shape index (κ3) is 8.44. The molecule has 0 aliphatic carbocycles. The number of nitrogens with one attached hydrogen (secondary N) is 1. The molecule has 1 aliphatic rings. The molecule has 0 amide bonds. The summed E-state index contributed by atoms with van der Waals surface area (Å²) in [5.41, 5.74) is 2.81. The van der Waals surface area contributed by atoms with Crippen molar-refractivity contribution >= 4 is 10.0 Å². The predicted molar refractivity (Wildman–Crippen MR) is 139 cm³/mol. The molecule has 1 saturated heterocycles. The second kappa shape index (κ2) is 13.3. The molecule has 5 atom stereocenters. The van der Waals surface area contributed by atoms with Gasteiger partial charge in [-0.25, -0.2) is 13.1 Å². The molecule has 0 unspecified atom stereocenters. The quantitative estimate of drug-likeness (QED) is 0.373. The molecule has 1 aliphatic heterocycles. The number of aliphatic hydroxyl groups is 1. The number of aliphatic hydroxyl groups excluding tert-OH is 1. The normalized spacial score (nSPS) is 24.1. The van der Waals surface area contributed by atoms with Gasteiger partial charge < -0.3 is 24.1 Å². The lowest BCUT2D eigenvalue weighted by molar-refractivity contribution is -0.310. The van der Waals surface area contributed by atoms with E-state index in [9.17, 15) is 13.5 Å². The molecule has 0 saturated carbocycles. The molecule has 0 spiro atoms. The first-order chi connectivity index (χ1) is 17.9. The standard InChI is InChI=1S/C28H33NO7S/c1-37(31,32)29-17-24-25(33-18-21-11-5-2-6-12-21)26(34-19-22-13-7-3-8-14-22)27(28(30)36-24)35-20-23-15-9-4-10-16-23/h2-16,24-30H,17-20H2,1H3/t24-,25-,26+,27-,28+/m1/s1. The Morgan fingerprint density at radius 1 is 0.703 bits per heavy atom. The maximum absolute atomic E-state index is 11.8. The van der Waals surface area contributed by atoms with Gasteiger partial charge in [0.1, 0.15) is 24.4 Å². The van der Waals surface area contributed by atoms with Gasteiger partial charge in [0.15, 0.2) is 6.29 Å². The van der Waals surface area contributed by atoms with Crippen molar-refractivity contribution in [1.82, 2.24) is 4.72 Å². The Labute approximate surface area is 218 Å². The van der Waals surface area contributed by atoms with Crippen LogP contribution in [0.15, 0.2) is 91.0 Å². The van der Waals surface area contributed by atoms with Crippen molar-refractivity contribution in [1.29, 1.82) is 0 Å². The zero-order valence-corrected chi connectivity index (χ0v) is 21.5. The molecule has 3 aromatic rings. The fourth-order valence-corrected chi connectivity index (χ4v) is 4.63. The average Bonchev–Trinajstić information content (AvgIpc) is 2.90. The van der Waals surface area contributed by atoms with E-state index in [-0.39, 0.29) is 26.4 Å². The Balaban J connectivity index is 1.58. The SMILES string of the molecule is CS(=O)(=O)NC[C@H]1O[C@H](O)[C@H](OCc2ccccc2)[C@@H](OCc2ccccc2)[C@@H]1OCc1ccccc1. The molecular weight excluding hydrogens is 494 g/mol. The third-order valence-electron chi connectivity index (χ3n) is 6.01. The van der Waals surface area contributed by atoms with Gasteiger partial charge in [-0.3, -0.25) is 0 Å². The smallest absolute Gasteiger partial charge is 0.208 e. The van der Waals surface area contributed by atoms with Crippen LogP contribution in [0, 0.1) is 0 Å². The molecule has 0 bridgehead atoms. The molecule has 198 valence electrons. The minimum atomic E-state index is -3.50. The summed E-state index contributed by atoms with van der Waals surface area (Å²) < 4.78 is 50.8. The molecule has 2 N–H and O–H groups in total. The van der Waals surface area contributed by atoms with E-state index in [1.807, 2.05) is 91.0 Å². The van der Waals surface area contributed by atoms with Crippen molar-refractivity contribution in [3.05, 3.63) is 108 Å². The summed E-state index contributed by atoms with van der Waals surface area (Å²) in [5, 5.41) is 11.0. The number of hydrogen-bond acceptors (Lipinski definition) is 7. The summed E-state index contributed by atoms with van der Waals surface area (Å²) in [7, 11) is -3.50. The van der Waals surface area contributed by atoms with Gasteiger partial charge in [-0.1, -0.05) is 91.0 Å². The van der Waals surface area contributed by atoms with E-state index in [0.717, 1.165) is 22.9 Å². The first kappa shape index (κ1) is 27.4. The topological polar surface area (TPSA) is 103 Å². The summed E-state index contributed by atoms with van der Waals surface area (Å²) in [4.78, 5) is 0. The van der Waals surface area contributed by atoms with E-state index >= 15 is 0 Å². The van der Waals surface area contributed by atoms with E-state index in [2.05, 4.69) is 4.72 Å². The van der Waals surface area contributed by atoms with Gasteiger partial charge in [0.2, 0.25) is 10.0 Å². The maximum atomic E-state index is 11.8. The van der Waals surface area contributed by atoms with Crippen LogP contribution in [0.1, 0.15) is 16.7 Å². The van der Waals surface area contributed by atoms with Gasteiger partial charge in [0.25, 0.3) is 0 Å². The van der Waals surface area contributed by atoms with Crippen LogP contribution in [-0.2, 0) is 48.8 Å². The number of benzene rings is 3. The van der Waals surface area contributed by atoms with Gasteiger partial charge in [-0.05, 0) is 16.7 Å². The summed E-state index contributed by atoms with van der Waals surface area (Å²) in [5.74, 6) is 0. The highest BCUT2D eigenvalue weighted by Gasteiger charge is 2.48. The fourth-order valence-electron chi connectivity index (χ4n) is 4.16. The van der Waals surface area contributed by atoms with Crippen molar-refractivity contribution in [3.8, 4) is 0 Å². The predicted octanol–water partition coefficient (Wildman–Crippen LogP) is 3.01. The van der Waals surface area contributed by atoms with Crippen LogP contribution >= 0.6 is 0 Å². The highest BCUT2D eigenvalue weighted by molar-refractivity contribution is 7.88. The average molecular weight is 528 g/mol. The number of sulfonamides is 1. The van der Waals surface area contributed by atoms with Crippen LogP contribution < -0.4 is 4.72 Å². The lowest BCUT2D eigenvalue weighted by Gasteiger charge is -2.44. The molecule has 1 fully saturated rings. The number of hydrogen-bond donors (Lipinski definition) is 2. The monoisotopic (exact) mass is 527 g/mol. The van der Waals surface area contributed by atoms with Gasteiger partial charge >= 0.3 is 0 Å². The van der Waals surface area contributed by atoms with Crippen molar-refractivity contribution in [2.24, 2.45) is 0 Å². The van der Waals surface area contributed by atoms with Crippen molar-refractivity contribution < 1.29 is 32.5 Å². The molecule has 4 rings (SSSR count). The van der Waals surface area contributed by atoms with Gasteiger partial charge in [-0.2, -0.15) is 0 Å². The minimum Gasteiger partial charge on any atom is -0.368 e. The molecule has 1 heterocycles. The first-order valence-electron chi connectivity index (χ1n) is 12.1. The van der Waals surface area contributed by atoms with Crippen LogP contribution in [0.5, 0.6) is 0 Å². The minimum absolute atomic E-state index is 0.0913. The molecule has 9 heteroatoms. The van der Waals surface area contributed by atoms with Gasteiger partial charge in [0.05, 0.1) is 26.1 Å². The van der Waals surface area contributed by atoms with Crippen LogP contribution in [0.25, 0.3) is 0 Å². The highest BCUT2D eigenvalue weighted by Crippen LogP contribution is 2.29. The number of rotatable bonds is 12. The number of ether oxygens (including phenoxy) is 4. The van der Waals surface area contributed by atoms with Crippen molar-refractivity contribution in [3.63, 3.8) is 0 Å². The van der Waals surface area contributed by atoms with E-state index in [1.165, 1.54) is 0 Å². The van der Waals surface area contributed by atoms with E-state index in [0.29, 0.717) is 0 Å². The van der Waals surface area contributed by atoms with E-state index in [1.54, 1.807) is 0 Å². The largest absolute Gasteiger partial charge is 0.368 e. The highest BCUT2D eigenvalue weighted by atomic mass is 32.2. The Morgan fingerprint density at radius 3 is 1.54 bits per heavy atom. The second-order valence-electron chi connectivity index (χ2n) is 8.97. The molecule has 0 aromatic heterocycles. The lowest BCUT2D eigenvalue weighted by Crippen LogP contribution is -2.62.